The summed E-state index contributed by atoms with van der Waals surface area (Å²) >= 11 is 3.14. The van der Waals surface area contributed by atoms with E-state index in [1.54, 1.807) is 7.05 Å². The molecule has 0 fully saturated rings. The highest BCUT2D eigenvalue weighted by atomic mass is 79.9. The highest BCUT2D eigenvalue weighted by Gasteiger charge is 2.03. The Morgan fingerprint density at radius 1 is 1.69 bits per heavy atom. The van der Waals surface area contributed by atoms with Crippen molar-refractivity contribution in [2.45, 2.75) is 0 Å². The van der Waals surface area contributed by atoms with Crippen LogP contribution in [-0.4, -0.2) is 28.1 Å². The molecule has 5 nitrogen and oxygen atoms in total. The summed E-state index contributed by atoms with van der Waals surface area (Å²) in [6.45, 7) is 0. The molecule has 0 saturated carbocycles. The minimum Gasteiger partial charge on any atom is -0.459 e. The fourth-order valence-corrected chi connectivity index (χ4v) is 1.05. The van der Waals surface area contributed by atoms with Crippen molar-refractivity contribution < 1.29 is 9.53 Å². The lowest BCUT2D eigenvalue weighted by atomic mass is 10.4. The monoisotopic (exact) mass is 243 g/mol. The van der Waals surface area contributed by atoms with Gasteiger partial charge < -0.3 is 4.74 Å². The molecule has 0 N–H and O–H groups in total. The van der Waals surface area contributed by atoms with Gasteiger partial charge in [-0.15, -0.1) is 5.10 Å². The van der Waals surface area contributed by atoms with Gasteiger partial charge in [-0.1, -0.05) is 5.21 Å². The van der Waals surface area contributed by atoms with E-state index in [1.165, 1.54) is 11.8 Å². The summed E-state index contributed by atoms with van der Waals surface area (Å²) in [4.78, 5) is 10.7. The summed E-state index contributed by atoms with van der Waals surface area (Å²) in [6, 6.07) is 0. The molecule has 0 spiro atoms. The van der Waals surface area contributed by atoms with Crippen LogP contribution in [0.25, 0.3) is 0 Å². The van der Waals surface area contributed by atoms with Crippen LogP contribution in [0.2, 0.25) is 0 Å². The Morgan fingerprint density at radius 2 is 2.38 bits per heavy atom. The van der Waals surface area contributed by atoms with Gasteiger partial charge in [-0.2, -0.15) is 0 Å². The standard InChI is InChI=1S/C7H6BrN3O2/c1-11-5(7(8)9-10-11)3-4-6(12)13-2/h1-2H3. The molecular weight excluding hydrogens is 238 g/mol. The molecule has 13 heavy (non-hydrogen) atoms. The molecule has 6 heteroatoms. The van der Waals surface area contributed by atoms with Gasteiger partial charge >= 0.3 is 5.97 Å². The highest BCUT2D eigenvalue weighted by Crippen LogP contribution is 2.09. The van der Waals surface area contributed by atoms with Crippen molar-refractivity contribution in [1.29, 1.82) is 0 Å². The molecule has 1 aromatic heterocycles. The van der Waals surface area contributed by atoms with E-state index < -0.39 is 5.97 Å². The SMILES string of the molecule is COC(=O)C#Cc1c(Br)nnn1C. The normalized spacial score (nSPS) is 8.85. The summed E-state index contributed by atoms with van der Waals surface area (Å²) in [5, 5.41) is 7.38. The lowest BCUT2D eigenvalue weighted by Gasteiger charge is -1.88. The number of esters is 1. The second-order valence-corrected chi connectivity index (χ2v) is 2.85. The summed E-state index contributed by atoms with van der Waals surface area (Å²) in [5.74, 6) is 4.26. The molecule has 0 unspecified atom stereocenters. The van der Waals surface area contributed by atoms with Crippen LogP contribution in [0, 0.1) is 11.8 Å². The number of hydrogen-bond acceptors (Lipinski definition) is 4. The Balaban J connectivity index is 2.95. The fourth-order valence-electron chi connectivity index (χ4n) is 0.626. The molecule has 0 aliphatic carbocycles. The van der Waals surface area contributed by atoms with Crippen LogP contribution in [-0.2, 0) is 16.6 Å². The van der Waals surface area contributed by atoms with E-state index in [9.17, 15) is 4.79 Å². The first-order chi connectivity index (χ1) is 6.15. The van der Waals surface area contributed by atoms with E-state index >= 15 is 0 Å². The average molecular weight is 244 g/mol. The molecule has 1 heterocycles. The van der Waals surface area contributed by atoms with Gasteiger partial charge in [0.25, 0.3) is 0 Å². The number of hydrogen-bond donors (Lipinski definition) is 0. The van der Waals surface area contributed by atoms with Crippen molar-refractivity contribution in [3.8, 4) is 11.8 Å². The maximum Gasteiger partial charge on any atom is 0.384 e. The predicted octanol–water partition coefficient (Wildman–Crippen LogP) is 0.102. The first-order valence-electron chi connectivity index (χ1n) is 3.30. The largest absolute Gasteiger partial charge is 0.459 e. The van der Waals surface area contributed by atoms with Gasteiger partial charge in [0.1, 0.15) is 5.69 Å². The topological polar surface area (TPSA) is 57.0 Å². The van der Waals surface area contributed by atoms with E-state index in [1.807, 2.05) is 0 Å². The molecule has 1 aromatic rings. The van der Waals surface area contributed by atoms with Crippen molar-refractivity contribution in [1.82, 2.24) is 15.0 Å². The van der Waals surface area contributed by atoms with Crippen LogP contribution in [0.5, 0.6) is 0 Å². The maximum atomic E-state index is 10.7. The fraction of sp³-hybridized carbons (Fsp3) is 0.286. The van der Waals surface area contributed by atoms with Crippen LogP contribution < -0.4 is 0 Å². The van der Waals surface area contributed by atoms with Gasteiger partial charge in [0.05, 0.1) is 7.11 Å². The summed E-state index contributed by atoms with van der Waals surface area (Å²) in [7, 11) is 2.95. The molecule has 68 valence electrons. The van der Waals surface area contributed by atoms with Gasteiger partial charge in [0.2, 0.25) is 0 Å². The number of carbonyl (C=O) groups is 1. The average Bonchev–Trinajstić information content (AvgIpc) is 2.43. The van der Waals surface area contributed by atoms with Crippen molar-refractivity contribution in [3.05, 3.63) is 10.3 Å². The van der Waals surface area contributed by atoms with E-state index in [0.29, 0.717) is 10.3 Å². The van der Waals surface area contributed by atoms with Gasteiger partial charge in [-0.3, -0.25) is 0 Å². The van der Waals surface area contributed by atoms with Crippen LogP contribution in [0.15, 0.2) is 4.60 Å². The Bertz CT molecular complexity index is 369. The van der Waals surface area contributed by atoms with Gasteiger partial charge in [-0.25, -0.2) is 9.48 Å². The Kier molecular flexibility index (Phi) is 3.03. The number of halogens is 1. The van der Waals surface area contributed by atoms with Crippen molar-refractivity contribution in [2.24, 2.45) is 7.05 Å². The first-order valence-corrected chi connectivity index (χ1v) is 4.09. The second-order valence-electron chi connectivity index (χ2n) is 2.09. The Hall–Kier alpha value is -1.35. The number of aryl methyl sites for hydroxylation is 1. The van der Waals surface area contributed by atoms with Crippen molar-refractivity contribution in [2.75, 3.05) is 7.11 Å². The van der Waals surface area contributed by atoms with E-state index in [2.05, 4.69) is 42.8 Å². The zero-order valence-electron chi connectivity index (χ0n) is 7.04. The molecule has 0 aliphatic heterocycles. The van der Waals surface area contributed by atoms with Crippen LogP contribution in [0.3, 0.4) is 0 Å². The molecular formula is C7H6BrN3O2. The molecule has 0 atom stereocenters. The molecule has 0 amide bonds. The maximum absolute atomic E-state index is 10.7. The lowest BCUT2D eigenvalue weighted by molar-refractivity contribution is -0.133. The predicted molar refractivity (Wildman–Crippen MR) is 47.6 cm³/mol. The van der Waals surface area contributed by atoms with Crippen LogP contribution >= 0.6 is 15.9 Å². The number of methoxy groups -OCH3 is 1. The van der Waals surface area contributed by atoms with E-state index in [0.717, 1.165) is 0 Å². The molecule has 0 aliphatic rings. The van der Waals surface area contributed by atoms with Crippen LogP contribution in [0.4, 0.5) is 0 Å². The van der Waals surface area contributed by atoms with Crippen molar-refractivity contribution in [3.63, 3.8) is 0 Å². The molecule has 0 bridgehead atoms. The summed E-state index contributed by atoms with van der Waals surface area (Å²) in [5.41, 5.74) is 0.533. The lowest BCUT2D eigenvalue weighted by Crippen LogP contribution is -1.97. The second kappa shape index (κ2) is 4.05. The number of rotatable bonds is 0. The van der Waals surface area contributed by atoms with E-state index in [-0.39, 0.29) is 0 Å². The zero-order valence-corrected chi connectivity index (χ0v) is 8.62. The quantitative estimate of drug-likeness (QED) is 0.479. The zero-order chi connectivity index (χ0) is 9.84. The van der Waals surface area contributed by atoms with E-state index in [4.69, 9.17) is 0 Å². The molecule has 0 aromatic carbocycles. The number of carbonyl (C=O) groups excluding carboxylic acids is 1. The Morgan fingerprint density at radius 3 is 2.85 bits per heavy atom. The number of ether oxygens (including phenoxy) is 1. The first kappa shape index (κ1) is 9.74. The third-order valence-corrected chi connectivity index (χ3v) is 1.79. The third kappa shape index (κ3) is 2.29. The summed E-state index contributed by atoms with van der Waals surface area (Å²) in [6.07, 6.45) is 0. The smallest absolute Gasteiger partial charge is 0.384 e. The number of nitrogens with zero attached hydrogens (tertiary/aromatic N) is 3. The van der Waals surface area contributed by atoms with Crippen LogP contribution in [0.1, 0.15) is 5.69 Å². The van der Waals surface area contributed by atoms with Gasteiger partial charge in [0, 0.05) is 13.0 Å². The van der Waals surface area contributed by atoms with Crippen molar-refractivity contribution >= 4 is 21.9 Å². The van der Waals surface area contributed by atoms with Gasteiger partial charge in [0.15, 0.2) is 4.60 Å². The molecule has 0 radical (unpaired) electrons. The third-order valence-electron chi connectivity index (χ3n) is 1.25. The highest BCUT2D eigenvalue weighted by molar-refractivity contribution is 9.10. The molecule has 0 saturated heterocycles. The number of aromatic nitrogens is 3. The minimum atomic E-state index is -0.590. The Labute approximate surface area is 83.2 Å². The minimum absolute atomic E-state index is 0.506. The summed E-state index contributed by atoms with van der Waals surface area (Å²) < 4.78 is 6.31. The van der Waals surface area contributed by atoms with Gasteiger partial charge in [-0.05, 0) is 21.9 Å². The molecule has 1 rings (SSSR count).